The van der Waals surface area contributed by atoms with E-state index in [0.717, 1.165) is 32.7 Å². The maximum absolute atomic E-state index is 10.7. The second-order valence-corrected chi connectivity index (χ2v) is 6.20. The predicted octanol–water partition coefficient (Wildman–Crippen LogP) is 2.27. The fourth-order valence-electron chi connectivity index (χ4n) is 2.80. The molecule has 8 heteroatoms. The summed E-state index contributed by atoms with van der Waals surface area (Å²) in [6, 6.07) is 13.1. The molecule has 8 nitrogen and oxygen atoms in total. The predicted molar refractivity (Wildman–Crippen MR) is 106 cm³/mol. The molecule has 1 saturated heterocycles. The maximum atomic E-state index is 10.7. The molecule has 0 radical (unpaired) electrons. The Kier molecular flexibility index (Phi) is 6.11. The minimum atomic E-state index is -0.491. The van der Waals surface area contributed by atoms with Gasteiger partial charge in [0, 0.05) is 38.8 Å². The van der Waals surface area contributed by atoms with Crippen molar-refractivity contribution in [3.05, 3.63) is 70.4 Å². The highest BCUT2D eigenvalue weighted by Gasteiger charge is 2.17. The molecule has 0 unspecified atom stereocenters. The van der Waals surface area contributed by atoms with Crippen LogP contribution in [0.3, 0.4) is 0 Å². The number of benzene rings is 1. The molecule has 3 rings (SSSR count). The van der Waals surface area contributed by atoms with Gasteiger partial charge in [0.2, 0.25) is 0 Å². The summed E-state index contributed by atoms with van der Waals surface area (Å²) in [5.74, 6) is 0.752. The molecule has 2 aromatic rings. The molecule has 1 fully saturated rings. The monoisotopic (exact) mass is 366 g/mol. The highest BCUT2D eigenvalue weighted by atomic mass is 16.6. The van der Waals surface area contributed by atoms with E-state index in [2.05, 4.69) is 39.2 Å². The molecule has 27 heavy (non-hydrogen) atoms. The zero-order valence-electron chi connectivity index (χ0n) is 14.9. The van der Waals surface area contributed by atoms with Crippen molar-refractivity contribution in [1.82, 2.24) is 14.8 Å². The third-order valence-electron chi connectivity index (χ3n) is 4.34. The van der Waals surface area contributed by atoms with Crippen LogP contribution in [0.1, 0.15) is 5.56 Å². The van der Waals surface area contributed by atoms with Crippen LogP contribution in [0.2, 0.25) is 0 Å². The lowest BCUT2D eigenvalue weighted by atomic mass is 10.2. The van der Waals surface area contributed by atoms with Gasteiger partial charge in [-0.05, 0) is 11.6 Å². The first-order valence-electron chi connectivity index (χ1n) is 8.75. The van der Waals surface area contributed by atoms with E-state index in [4.69, 9.17) is 5.73 Å². The first-order chi connectivity index (χ1) is 13.1. The van der Waals surface area contributed by atoms with E-state index >= 15 is 0 Å². The number of piperazine rings is 1. The van der Waals surface area contributed by atoms with Crippen molar-refractivity contribution in [2.75, 3.05) is 32.7 Å². The summed E-state index contributed by atoms with van der Waals surface area (Å²) in [4.78, 5) is 22.7. The lowest BCUT2D eigenvalue weighted by Crippen LogP contribution is -2.50. The van der Waals surface area contributed by atoms with E-state index in [1.165, 1.54) is 23.9 Å². The molecule has 0 amide bonds. The van der Waals surface area contributed by atoms with Gasteiger partial charge in [-0.15, -0.1) is 0 Å². The van der Waals surface area contributed by atoms with Gasteiger partial charge < -0.3 is 10.6 Å². The average molecular weight is 366 g/mol. The number of nitro groups is 1. The third kappa shape index (κ3) is 5.35. The topological polar surface area (TPSA) is 101 Å². The molecule has 1 aliphatic rings. The van der Waals surface area contributed by atoms with Crippen molar-refractivity contribution in [2.45, 2.75) is 0 Å². The first kappa shape index (κ1) is 18.5. The maximum Gasteiger partial charge on any atom is 0.287 e. The highest BCUT2D eigenvalue weighted by molar-refractivity contribution is 5.80. The van der Waals surface area contributed by atoms with Gasteiger partial charge in [-0.1, -0.05) is 42.5 Å². The molecular weight excluding hydrogens is 344 g/mol. The second kappa shape index (κ2) is 8.91. The molecule has 1 aromatic carbocycles. The largest absolute Gasteiger partial charge is 0.369 e. The number of aliphatic imine (C=N–C) groups is 1. The van der Waals surface area contributed by atoms with E-state index in [1.807, 2.05) is 23.1 Å². The van der Waals surface area contributed by atoms with Crippen molar-refractivity contribution in [3.63, 3.8) is 0 Å². The summed E-state index contributed by atoms with van der Waals surface area (Å²) in [7, 11) is 0. The Morgan fingerprint density at radius 1 is 1.19 bits per heavy atom. The summed E-state index contributed by atoms with van der Waals surface area (Å²) >= 11 is 0. The van der Waals surface area contributed by atoms with Gasteiger partial charge in [-0.3, -0.25) is 15.0 Å². The van der Waals surface area contributed by atoms with Gasteiger partial charge in [0.1, 0.15) is 6.20 Å². The smallest absolute Gasteiger partial charge is 0.287 e. The van der Waals surface area contributed by atoms with Gasteiger partial charge >= 0.3 is 0 Å². The normalized spacial score (nSPS) is 16.0. The number of nitrogens with zero attached hydrogens (tertiary/aromatic N) is 5. The van der Waals surface area contributed by atoms with Crippen LogP contribution >= 0.6 is 0 Å². The first-order valence-corrected chi connectivity index (χ1v) is 8.75. The van der Waals surface area contributed by atoms with Crippen molar-refractivity contribution in [2.24, 2.45) is 10.7 Å². The molecule has 1 aliphatic heterocycles. The molecule has 0 spiro atoms. The van der Waals surface area contributed by atoms with Crippen LogP contribution < -0.4 is 5.73 Å². The molecule has 140 valence electrons. The van der Waals surface area contributed by atoms with Crippen LogP contribution in [0.5, 0.6) is 0 Å². The van der Waals surface area contributed by atoms with Gasteiger partial charge in [0.25, 0.3) is 5.69 Å². The lowest BCUT2D eigenvalue weighted by Gasteiger charge is -2.34. The Hall–Kier alpha value is -3.26. The Morgan fingerprint density at radius 3 is 2.56 bits per heavy atom. The van der Waals surface area contributed by atoms with Gasteiger partial charge in [-0.25, -0.2) is 4.98 Å². The number of guanidine groups is 1. The van der Waals surface area contributed by atoms with Crippen molar-refractivity contribution >= 4 is 23.5 Å². The van der Waals surface area contributed by atoms with E-state index < -0.39 is 4.92 Å². The number of hydrogen-bond acceptors (Lipinski definition) is 5. The molecule has 0 bridgehead atoms. The van der Waals surface area contributed by atoms with Gasteiger partial charge in [0.15, 0.2) is 11.8 Å². The standard InChI is InChI=1S/C19H22N6O2/c20-19(22-18-9-8-17(15-21-18)25(26)27)24-13-11-23(12-14-24)10-4-7-16-5-2-1-3-6-16/h1-9,15H,10-14H2,(H2,20,21,22)/b7-4+. The van der Waals surface area contributed by atoms with Gasteiger partial charge in [-0.2, -0.15) is 4.99 Å². The molecule has 0 atom stereocenters. The lowest BCUT2D eigenvalue weighted by molar-refractivity contribution is -0.385. The van der Waals surface area contributed by atoms with Crippen LogP contribution in [-0.2, 0) is 0 Å². The number of nitrogens with two attached hydrogens (primary N) is 1. The summed E-state index contributed by atoms with van der Waals surface area (Å²) in [5, 5.41) is 10.7. The quantitative estimate of drug-likeness (QED) is 0.377. The average Bonchev–Trinajstić information content (AvgIpc) is 2.70. The zero-order valence-corrected chi connectivity index (χ0v) is 14.9. The van der Waals surface area contributed by atoms with Crippen LogP contribution in [0.25, 0.3) is 6.08 Å². The van der Waals surface area contributed by atoms with E-state index in [0.29, 0.717) is 11.8 Å². The highest BCUT2D eigenvalue weighted by Crippen LogP contribution is 2.14. The van der Waals surface area contributed by atoms with Crippen LogP contribution in [-0.4, -0.2) is 58.4 Å². The van der Waals surface area contributed by atoms with E-state index in [9.17, 15) is 10.1 Å². The molecule has 2 heterocycles. The number of rotatable bonds is 5. The Morgan fingerprint density at radius 2 is 1.93 bits per heavy atom. The van der Waals surface area contributed by atoms with Crippen LogP contribution in [0.4, 0.5) is 11.5 Å². The van der Waals surface area contributed by atoms with Crippen molar-refractivity contribution < 1.29 is 4.92 Å². The fraction of sp³-hybridized carbons (Fsp3) is 0.263. The van der Waals surface area contributed by atoms with Crippen molar-refractivity contribution in [3.8, 4) is 0 Å². The Labute approximate surface area is 157 Å². The number of pyridine rings is 1. The number of aromatic nitrogens is 1. The fourth-order valence-corrected chi connectivity index (χ4v) is 2.80. The van der Waals surface area contributed by atoms with Crippen LogP contribution in [0, 0.1) is 10.1 Å². The zero-order chi connectivity index (χ0) is 19.1. The summed E-state index contributed by atoms with van der Waals surface area (Å²) < 4.78 is 0. The van der Waals surface area contributed by atoms with Crippen molar-refractivity contribution in [1.29, 1.82) is 0 Å². The molecule has 0 aliphatic carbocycles. The van der Waals surface area contributed by atoms with Crippen LogP contribution in [0.15, 0.2) is 59.7 Å². The summed E-state index contributed by atoms with van der Waals surface area (Å²) in [6.07, 6.45) is 5.48. The third-order valence-corrected chi connectivity index (χ3v) is 4.34. The van der Waals surface area contributed by atoms with E-state index in [-0.39, 0.29) is 5.69 Å². The second-order valence-electron chi connectivity index (χ2n) is 6.20. The Balaban J connectivity index is 1.49. The summed E-state index contributed by atoms with van der Waals surface area (Å²) in [5.41, 5.74) is 7.20. The molecule has 2 N–H and O–H groups in total. The minimum Gasteiger partial charge on any atom is -0.369 e. The summed E-state index contributed by atoms with van der Waals surface area (Å²) in [6.45, 7) is 4.23. The molecular formula is C19H22N6O2. The Bertz CT molecular complexity index is 812. The number of hydrogen-bond donors (Lipinski definition) is 1. The van der Waals surface area contributed by atoms with Gasteiger partial charge in [0.05, 0.1) is 4.92 Å². The van der Waals surface area contributed by atoms with E-state index in [1.54, 1.807) is 0 Å². The minimum absolute atomic E-state index is 0.0651. The molecule has 0 saturated carbocycles. The molecule has 1 aromatic heterocycles. The SMILES string of the molecule is NC(=Nc1ccc([N+](=O)[O-])cn1)N1CCN(C/C=C/c2ccccc2)CC1.